The molecule has 0 radical (unpaired) electrons. The Morgan fingerprint density at radius 2 is 2.15 bits per heavy atom. The first-order chi connectivity index (χ1) is 6.24. The van der Waals surface area contributed by atoms with Crippen molar-refractivity contribution < 1.29 is 4.92 Å². The summed E-state index contributed by atoms with van der Waals surface area (Å²) in [7, 11) is 1.78. The van der Waals surface area contributed by atoms with Gasteiger partial charge in [0.2, 0.25) is 6.20 Å². The van der Waals surface area contributed by atoms with Gasteiger partial charge in [-0.05, 0) is 6.07 Å². The number of nitro groups is 1. The van der Waals surface area contributed by atoms with Crippen LogP contribution in [0.25, 0.3) is 6.08 Å². The lowest BCUT2D eigenvalue weighted by atomic mass is 10.2. The third kappa shape index (κ3) is 2.59. The van der Waals surface area contributed by atoms with Crippen LogP contribution in [-0.4, -0.2) is 12.0 Å². The summed E-state index contributed by atoms with van der Waals surface area (Å²) in [6, 6.07) is 7.38. The van der Waals surface area contributed by atoms with Gasteiger partial charge in [0, 0.05) is 24.4 Å². The highest BCUT2D eigenvalue weighted by Gasteiger charge is 1.95. The van der Waals surface area contributed by atoms with Crippen molar-refractivity contribution >= 4 is 11.8 Å². The van der Waals surface area contributed by atoms with Crippen LogP contribution in [0, 0.1) is 10.1 Å². The molecule has 1 rings (SSSR count). The summed E-state index contributed by atoms with van der Waals surface area (Å²) in [5.41, 5.74) is 1.68. The molecule has 0 bridgehead atoms. The van der Waals surface area contributed by atoms with E-state index >= 15 is 0 Å². The Hall–Kier alpha value is -1.84. The molecule has 0 aliphatic heterocycles. The Bertz CT molecular complexity index is 334. The highest BCUT2D eigenvalue weighted by molar-refractivity contribution is 5.65. The van der Waals surface area contributed by atoms with E-state index in [0.29, 0.717) is 0 Å². The van der Waals surface area contributed by atoms with E-state index in [1.54, 1.807) is 7.05 Å². The quantitative estimate of drug-likeness (QED) is 0.568. The molecule has 0 amide bonds. The Kier molecular flexibility index (Phi) is 3.03. The summed E-state index contributed by atoms with van der Waals surface area (Å²) in [5, 5.41) is 13.0. The molecule has 0 heterocycles. The van der Waals surface area contributed by atoms with Gasteiger partial charge in [-0.25, -0.2) is 0 Å². The molecule has 0 spiro atoms. The number of anilines is 1. The van der Waals surface area contributed by atoms with Crippen LogP contribution in [-0.2, 0) is 0 Å². The Morgan fingerprint density at radius 3 is 2.77 bits per heavy atom. The normalized spacial score (nSPS) is 10.2. The Labute approximate surface area is 76.0 Å². The predicted octanol–water partition coefficient (Wildman–Crippen LogP) is 1.98. The minimum absolute atomic E-state index is 0.480. The van der Waals surface area contributed by atoms with Crippen molar-refractivity contribution in [3.8, 4) is 0 Å². The standard InChI is InChI=1S/C9H10N2O2/c1-10-9-5-3-2-4-8(9)6-7-11(12)13/h2-7,10H,1H3. The van der Waals surface area contributed by atoms with Gasteiger partial charge in [0.05, 0.1) is 4.92 Å². The first-order valence-corrected chi connectivity index (χ1v) is 3.82. The first kappa shape index (κ1) is 9.25. The van der Waals surface area contributed by atoms with Crippen LogP contribution >= 0.6 is 0 Å². The predicted molar refractivity (Wildman–Crippen MR) is 52.0 cm³/mol. The van der Waals surface area contributed by atoms with Crippen molar-refractivity contribution in [2.24, 2.45) is 0 Å². The third-order valence-corrected chi connectivity index (χ3v) is 1.61. The Morgan fingerprint density at radius 1 is 1.46 bits per heavy atom. The van der Waals surface area contributed by atoms with E-state index < -0.39 is 4.92 Å². The molecule has 0 aliphatic carbocycles. The van der Waals surface area contributed by atoms with E-state index in [2.05, 4.69) is 5.32 Å². The van der Waals surface area contributed by atoms with Crippen molar-refractivity contribution in [2.45, 2.75) is 0 Å². The highest BCUT2D eigenvalue weighted by atomic mass is 16.6. The number of rotatable bonds is 3. The van der Waals surface area contributed by atoms with Gasteiger partial charge in [-0.2, -0.15) is 0 Å². The van der Waals surface area contributed by atoms with E-state index in [-0.39, 0.29) is 0 Å². The number of hydrogen-bond acceptors (Lipinski definition) is 3. The number of hydrogen-bond donors (Lipinski definition) is 1. The molecule has 1 aromatic rings. The van der Waals surface area contributed by atoms with Gasteiger partial charge < -0.3 is 5.32 Å². The van der Waals surface area contributed by atoms with E-state index in [9.17, 15) is 10.1 Å². The zero-order valence-electron chi connectivity index (χ0n) is 7.23. The molecule has 0 aromatic heterocycles. The molecular formula is C9H10N2O2. The van der Waals surface area contributed by atoms with Crippen LogP contribution in [0.4, 0.5) is 5.69 Å². The van der Waals surface area contributed by atoms with Crippen LogP contribution in [0.15, 0.2) is 30.5 Å². The smallest absolute Gasteiger partial charge is 0.235 e. The minimum atomic E-state index is -0.480. The average Bonchev–Trinajstić information content (AvgIpc) is 2.15. The van der Waals surface area contributed by atoms with Crippen molar-refractivity contribution in [1.82, 2.24) is 0 Å². The molecular weight excluding hydrogens is 168 g/mol. The molecule has 68 valence electrons. The zero-order chi connectivity index (χ0) is 9.68. The molecule has 0 aliphatic rings. The first-order valence-electron chi connectivity index (χ1n) is 3.82. The fourth-order valence-corrected chi connectivity index (χ4v) is 1.01. The van der Waals surface area contributed by atoms with Gasteiger partial charge in [0.25, 0.3) is 0 Å². The van der Waals surface area contributed by atoms with Crippen molar-refractivity contribution in [2.75, 3.05) is 12.4 Å². The van der Waals surface area contributed by atoms with E-state index in [1.165, 1.54) is 6.08 Å². The summed E-state index contributed by atoms with van der Waals surface area (Å²) in [6.45, 7) is 0. The lowest BCUT2D eigenvalue weighted by Gasteiger charge is -2.02. The van der Waals surface area contributed by atoms with Crippen LogP contribution < -0.4 is 5.32 Å². The maximum atomic E-state index is 10.1. The molecule has 1 N–H and O–H groups in total. The van der Waals surface area contributed by atoms with E-state index in [1.807, 2.05) is 24.3 Å². The fourth-order valence-electron chi connectivity index (χ4n) is 1.01. The molecule has 0 atom stereocenters. The van der Waals surface area contributed by atoms with Crippen LogP contribution in [0.5, 0.6) is 0 Å². The van der Waals surface area contributed by atoms with Crippen LogP contribution in [0.2, 0.25) is 0 Å². The minimum Gasteiger partial charge on any atom is -0.388 e. The fraction of sp³-hybridized carbons (Fsp3) is 0.111. The topological polar surface area (TPSA) is 55.2 Å². The number of nitrogens with one attached hydrogen (secondary N) is 1. The molecule has 4 nitrogen and oxygen atoms in total. The molecule has 0 saturated carbocycles. The SMILES string of the molecule is CNc1ccccc1C=C[N+](=O)[O-]. The second-order valence-electron chi connectivity index (χ2n) is 2.44. The van der Waals surface area contributed by atoms with Gasteiger partial charge in [-0.3, -0.25) is 10.1 Å². The van der Waals surface area contributed by atoms with Gasteiger partial charge in [-0.15, -0.1) is 0 Å². The molecule has 0 unspecified atom stereocenters. The van der Waals surface area contributed by atoms with Gasteiger partial charge in [0.15, 0.2) is 0 Å². The summed E-state index contributed by atoms with van der Waals surface area (Å²) < 4.78 is 0. The number of para-hydroxylation sites is 1. The van der Waals surface area contributed by atoms with Crippen molar-refractivity contribution in [3.63, 3.8) is 0 Å². The second kappa shape index (κ2) is 4.25. The number of nitrogens with zero attached hydrogens (tertiary/aromatic N) is 1. The second-order valence-corrected chi connectivity index (χ2v) is 2.44. The van der Waals surface area contributed by atoms with Gasteiger partial charge >= 0.3 is 0 Å². The van der Waals surface area contributed by atoms with Gasteiger partial charge in [-0.1, -0.05) is 18.2 Å². The molecule has 13 heavy (non-hydrogen) atoms. The van der Waals surface area contributed by atoms with Crippen LogP contribution in [0.3, 0.4) is 0 Å². The Balaban J connectivity index is 2.93. The summed E-state index contributed by atoms with van der Waals surface area (Å²) in [4.78, 5) is 9.59. The molecule has 1 aromatic carbocycles. The largest absolute Gasteiger partial charge is 0.388 e. The van der Waals surface area contributed by atoms with Crippen LogP contribution in [0.1, 0.15) is 5.56 Å². The highest BCUT2D eigenvalue weighted by Crippen LogP contribution is 2.15. The van der Waals surface area contributed by atoms with E-state index in [0.717, 1.165) is 17.5 Å². The van der Waals surface area contributed by atoms with Crippen molar-refractivity contribution in [3.05, 3.63) is 46.1 Å². The molecule has 4 heteroatoms. The maximum Gasteiger partial charge on any atom is 0.235 e. The molecule has 0 fully saturated rings. The summed E-state index contributed by atoms with van der Waals surface area (Å²) >= 11 is 0. The molecule has 0 saturated heterocycles. The lowest BCUT2D eigenvalue weighted by Crippen LogP contribution is -1.91. The van der Waals surface area contributed by atoms with Crippen molar-refractivity contribution in [1.29, 1.82) is 0 Å². The lowest BCUT2D eigenvalue weighted by molar-refractivity contribution is -0.400. The van der Waals surface area contributed by atoms with E-state index in [4.69, 9.17) is 0 Å². The zero-order valence-corrected chi connectivity index (χ0v) is 7.23. The average molecular weight is 178 g/mol. The summed E-state index contributed by atoms with van der Waals surface area (Å²) in [5.74, 6) is 0. The third-order valence-electron chi connectivity index (χ3n) is 1.61. The summed E-state index contributed by atoms with van der Waals surface area (Å²) in [6.07, 6.45) is 2.39. The maximum absolute atomic E-state index is 10.1. The van der Waals surface area contributed by atoms with Gasteiger partial charge in [0.1, 0.15) is 0 Å². The monoisotopic (exact) mass is 178 g/mol. The number of benzene rings is 1.